The van der Waals surface area contributed by atoms with Crippen molar-refractivity contribution in [1.29, 1.82) is 0 Å². The van der Waals surface area contributed by atoms with Gasteiger partial charge in [-0.2, -0.15) is 0 Å². The van der Waals surface area contributed by atoms with E-state index in [2.05, 4.69) is 15.3 Å². The first-order valence-electron chi connectivity index (χ1n) is 7.96. The molecule has 0 saturated heterocycles. The Morgan fingerprint density at radius 3 is 2.46 bits per heavy atom. The van der Waals surface area contributed by atoms with Crippen molar-refractivity contribution >= 4 is 28.8 Å². The molecule has 0 spiro atoms. The van der Waals surface area contributed by atoms with E-state index in [9.17, 15) is 14.0 Å². The van der Waals surface area contributed by atoms with E-state index in [-0.39, 0.29) is 17.7 Å². The van der Waals surface area contributed by atoms with Crippen LogP contribution in [0.2, 0.25) is 0 Å². The number of benzene rings is 2. The van der Waals surface area contributed by atoms with Crippen LogP contribution in [0.25, 0.3) is 10.9 Å². The minimum Gasteiger partial charge on any atom is -0.493 e. The summed E-state index contributed by atoms with van der Waals surface area (Å²) >= 11 is 0. The van der Waals surface area contributed by atoms with Gasteiger partial charge in [0.15, 0.2) is 23.1 Å². The number of rotatable bonds is 7. The SMILES string of the molecule is COc1cc2nccc(Oc3ccc(NOC(=O)C=O)cc3F)c2cc1OC. The Hall–Kier alpha value is -3.88. The molecule has 3 rings (SSSR count). The monoisotopic (exact) mass is 386 g/mol. The van der Waals surface area contributed by atoms with Crippen LogP contribution in [0.1, 0.15) is 0 Å². The predicted molar refractivity (Wildman–Crippen MR) is 97.1 cm³/mol. The molecule has 0 fully saturated rings. The fourth-order valence-corrected chi connectivity index (χ4v) is 2.44. The number of aldehydes is 1. The zero-order valence-electron chi connectivity index (χ0n) is 14.9. The number of fused-ring (bicyclic) bond motifs is 1. The van der Waals surface area contributed by atoms with Crippen molar-refractivity contribution in [2.45, 2.75) is 0 Å². The predicted octanol–water partition coefficient (Wildman–Crippen LogP) is 3.25. The third-order valence-corrected chi connectivity index (χ3v) is 3.72. The number of carbonyl (C=O) groups is 2. The molecule has 0 saturated carbocycles. The van der Waals surface area contributed by atoms with E-state index >= 15 is 0 Å². The molecule has 28 heavy (non-hydrogen) atoms. The highest BCUT2D eigenvalue weighted by Gasteiger charge is 2.13. The zero-order chi connectivity index (χ0) is 20.1. The first-order chi connectivity index (χ1) is 13.5. The number of hydrogen-bond acceptors (Lipinski definition) is 8. The number of aromatic nitrogens is 1. The number of methoxy groups -OCH3 is 2. The summed E-state index contributed by atoms with van der Waals surface area (Å²) in [5.74, 6) is -0.561. The summed E-state index contributed by atoms with van der Waals surface area (Å²) in [5.41, 5.74) is 2.88. The Bertz CT molecular complexity index is 1040. The molecule has 1 N–H and O–H groups in total. The minimum atomic E-state index is -1.13. The van der Waals surface area contributed by atoms with Gasteiger partial charge in [0, 0.05) is 23.7 Å². The number of halogens is 1. The highest BCUT2D eigenvalue weighted by molar-refractivity contribution is 6.20. The van der Waals surface area contributed by atoms with Gasteiger partial charge in [0.05, 0.1) is 25.4 Å². The molecule has 3 aromatic rings. The van der Waals surface area contributed by atoms with Crippen molar-refractivity contribution in [2.75, 3.05) is 19.7 Å². The second-order valence-electron chi connectivity index (χ2n) is 5.42. The van der Waals surface area contributed by atoms with E-state index in [4.69, 9.17) is 14.2 Å². The quantitative estimate of drug-likeness (QED) is 0.376. The second kappa shape index (κ2) is 8.21. The van der Waals surface area contributed by atoms with Crippen molar-refractivity contribution in [1.82, 2.24) is 4.98 Å². The third-order valence-electron chi connectivity index (χ3n) is 3.72. The molecular formula is C19H15FN2O6. The largest absolute Gasteiger partial charge is 0.493 e. The molecule has 144 valence electrons. The average molecular weight is 386 g/mol. The molecule has 0 bridgehead atoms. The lowest BCUT2D eigenvalue weighted by atomic mass is 10.2. The second-order valence-corrected chi connectivity index (χ2v) is 5.42. The lowest BCUT2D eigenvalue weighted by Gasteiger charge is -2.13. The van der Waals surface area contributed by atoms with Gasteiger partial charge in [-0.15, -0.1) is 0 Å². The summed E-state index contributed by atoms with van der Waals surface area (Å²) in [7, 11) is 3.02. The van der Waals surface area contributed by atoms with Crippen LogP contribution >= 0.6 is 0 Å². The van der Waals surface area contributed by atoms with Gasteiger partial charge in [0.25, 0.3) is 0 Å². The van der Waals surface area contributed by atoms with Gasteiger partial charge < -0.3 is 19.0 Å². The first-order valence-corrected chi connectivity index (χ1v) is 7.96. The maximum Gasteiger partial charge on any atom is 0.395 e. The van der Waals surface area contributed by atoms with E-state index in [1.807, 2.05) is 0 Å². The highest BCUT2D eigenvalue weighted by Crippen LogP contribution is 2.37. The number of nitrogens with one attached hydrogen (secondary N) is 1. The fraction of sp³-hybridized carbons (Fsp3) is 0.105. The van der Waals surface area contributed by atoms with Crippen LogP contribution in [-0.4, -0.2) is 31.5 Å². The van der Waals surface area contributed by atoms with Crippen LogP contribution < -0.4 is 19.7 Å². The summed E-state index contributed by atoms with van der Waals surface area (Å²) in [6.45, 7) is 0. The summed E-state index contributed by atoms with van der Waals surface area (Å²) in [6, 6.07) is 8.78. The number of pyridine rings is 1. The Morgan fingerprint density at radius 1 is 1.04 bits per heavy atom. The Labute approximate surface area is 158 Å². The van der Waals surface area contributed by atoms with Crippen LogP contribution in [0, 0.1) is 5.82 Å². The van der Waals surface area contributed by atoms with Gasteiger partial charge >= 0.3 is 5.97 Å². The lowest BCUT2D eigenvalue weighted by Crippen LogP contribution is -2.11. The standard InChI is InChI=1S/C19H15FN2O6/c1-25-17-8-12-14(9-18(17)26-2)21-6-5-15(12)27-16-4-3-11(7-13(16)20)22-28-19(24)10-23/h3-10,22H,1-2H3. The van der Waals surface area contributed by atoms with E-state index in [0.717, 1.165) is 6.07 Å². The Kier molecular flexibility index (Phi) is 5.54. The molecule has 0 aliphatic carbocycles. The molecule has 0 aliphatic rings. The summed E-state index contributed by atoms with van der Waals surface area (Å²) in [6.07, 6.45) is 1.51. The van der Waals surface area contributed by atoms with Crippen molar-refractivity contribution in [2.24, 2.45) is 0 Å². The van der Waals surface area contributed by atoms with Gasteiger partial charge in [-0.1, -0.05) is 0 Å². The molecule has 0 amide bonds. The van der Waals surface area contributed by atoms with E-state index in [1.165, 1.54) is 32.5 Å². The van der Waals surface area contributed by atoms with E-state index in [1.54, 1.807) is 18.2 Å². The average Bonchev–Trinajstić information content (AvgIpc) is 2.72. The highest BCUT2D eigenvalue weighted by atomic mass is 19.1. The zero-order valence-corrected chi connectivity index (χ0v) is 14.9. The van der Waals surface area contributed by atoms with Crippen molar-refractivity contribution in [3.63, 3.8) is 0 Å². The Morgan fingerprint density at radius 2 is 1.79 bits per heavy atom. The normalized spacial score (nSPS) is 10.2. The van der Waals surface area contributed by atoms with Crippen LogP contribution in [0.3, 0.4) is 0 Å². The number of hydrogen-bond donors (Lipinski definition) is 1. The smallest absolute Gasteiger partial charge is 0.395 e. The Balaban J connectivity index is 1.90. The molecule has 1 aromatic heterocycles. The molecule has 0 radical (unpaired) electrons. The molecule has 0 aliphatic heterocycles. The third kappa shape index (κ3) is 3.93. The van der Waals surface area contributed by atoms with Gasteiger partial charge in [0.2, 0.25) is 6.29 Å². The number of carbonyl (C=O) groups excluding carboxylic acids is 2. The summed E-state index contributed by atoms with van der Waals surface area (Å²) in [5, 5.41) is 0.599. The minimum absolute atomic E-state index is 0.0152. The van der Waals surface area contributed by atoms with Crippen LogP contribution in [0.4, 0.5) is 10.1 Å². The molecule has 9 heteroatoms. The summed E-state index contributed by atoms with van der Waals surface area (Å²) in [4.78, 5) is 29.7. The first kappa shape index (κ1) is 18.9. The van der Waals surface area contributed by atoms with Gasteiger partial charge in [-0.3, -0.25) is 9.78 Å². The number of nitrogens with zero attached hydrogens (tertiary/aromatic N) is 1. The lowest BCUT2D eigenvalue weighted by molar-refractivity contribution is -0.146. The topological polar surface area (TPSA) is 96.0 Å². The number of anilines is 1. The van der Waals surface area contributed by atoms with Gasteiger partial charge in [-0.25, -0.2) is 14.7 Å². The van der Waals surface area contributed by atoms with Crippen LogP contribution in [-0.2, 0) is 14.4 Å². The van der Waals surface area contributed by atoms with Crippen molar-refractivity contribution in [3.05, 3.63) is 48.4 Å². The summed E-state index contributed by atoms with van der Waals surface area (Å²) < 4.78 is 30.6. The van der Waals surface area contributed by atoms with E-state index < -0.39 is 11.8 Å². The van der Waals surface area contributed by atoms with Crippen LogP contribution in [0.5, 0.6) is 23.0 Å². The fourth-order valence-electron chi connectivity index (χ4n) is 2.44. The van der Waals surface area contributed by atoms with Crippen LogP contribution in [0.15, 0.2) is 42.6 Å². The van der Waals surface area contributed by atoms with E-state index in [0.29, 0.717) is 28.2 Å². The maximum absolute atomic E-state index is 14.4. The maximum atomic E-state index is 14.4. The number of ether oxygens (including phenoxy) is 3. The molecular weight excluding hydrogens is 371 g/mol. The van der Waals surface area contributed by atoms with Crippen molar-refractivity contribution in [3.8, 4) is 23.0 Å². The van der Waals surface area contributed by atoms with Crippen molar-refractivity contribution < 1.29 is 33.0 Å². The van der Waals surface area contributed by atoms with Gasteiger partial charge in [-0.05, 0) is 24.3 Å². The molecule has 8 nitrogen and oxygen atoms in total. The molecule has 1 heterocycles. The molecule has 2 aromatic carbocycles. The van der Waals surface area contributed by atoms with Gasteiger partial charge in [0.1, 0.15) is 5.75 Å². The molecule has 0 unspecified atom stereocenters. The molecule has 0 atom stereocenters.